The molecule has 0 fully saturated rings. The van der Waals surface area contributed by atoms with Gasteiger partial charge in [-0.1, -0.05) is 41.4 Å². The first-order valence-electron chi connectivity index (χ1n) is 5.30. The molecular formula is C12H11Cl2N3O. The van der Waals surface area contributed by atoms with Crippen molar-refractivity contribution in [3.05, 3.63) is 52.4 Å². The van der Waals surface area contributed by atoms with Crippen LogP contribution in [0, 0.1) is 0 Å². The average molecular weight is 284 g/mol. The van der Waals surface area contributed by atoms with Gasteiger partial charge in [-0.3, -0.25) is 4.98 Å². The number of hydrogen-bond donors (Lipinski definition) is 2. The van der Waals surface area contributed by atoms with Crippen molar-refractivity contribution in [3.8, 4) is 0 Å². The van der Waals surface area contributed by atoms with Gasteiger partial charge in [-0.05, 0) is 6.07 Å². The Morgan fingerprint density at radius 3 is 2.72 bits per heavy atom. The molecule has 0 radical (unpaired) electrons. The van der Waals surface area contributed by atoms with Crippen molar-refractivity contribution in [1.29, 1.82) is 0 Å². The van der Waals surface area contributed by atoms with E-state index in [-0.39, 0.29) is 6.54 Å². The maximum absolute atomic E-state index is 10.0. The summed E-state index contributed by atoms with van der Waals surface area (Å²) in [5, 5.41) is 13.8. The Hall–Kier alpha value is -1.36. The summed E-state index contributed by atoms with van der Waals surface area (Å²) in [4.78, 5) is 7.90. The van der Waals surface area contributed by atoms with Crippen molar-refractivity contribution < 1.29 is 5.11 Å². The molecule has 4 nitrogen and oxygen atoms in total. The van der Waals surface area contributed by atoms with Crippen LogP contribution in [0.1, 0.15) is 11.7 Å². The lowest BCUT2D eigenvalue weighted by molar-refractivity contribution is 0.191. The number of aromatic nitrogens is 2. The number of halogens is 2. The van der Waals surface area contributed by atoms with Gasteiger partial charge in [-0.25, -0.2) is 4.98 Å². The summed E-state index contributed by atoms with van der Waals surface area (Å²) in [5.41, 5.74) is 0.668. The first kappa shape index (κ1) is 13.1. The molecule has 0 amide bonds. The first-order chi connectivity index (χ1) is 8.66. The van der Waals surface area contributed by atoms with Crippen LogP contribution in [0.4, 0.5) is 5.82 Å². The topological polar surface area (TPSA) is 58.0 Å². The molecule has 1 unspecified atom stereocenters. The molecule has 0 bridgehead atoms. The van der Waals surface area contributed by atoms with Crippen LogP contribution in [-0.2, 0) is 0 Å². The summed E-state index contributed by atoms with van der Waals surface area (Å²) in [5.74, 6) is 0.508. The lowest BCUT2D eigenvalue weighted by Crippen LogP contribution is -2.13. The van der Waals surface area contributed by atoms with Gasteiger partial charge in [0.05, 0.1) is 18.5 Å². The molecule has 0 aliphatic heterocycles. The molecule has 0 spiro atoms. The molecule has 1 aromatic heterocycles. The Bertz CT molecular complexity index is 536. The minimum atomic E-state index is -0.723. The lowest BCUT2D eigenvalue weighted by Gasteiger charge is -2.13. The standard InChI is InChI=1S/C12H11Cl2N3O/c13-9-4-2-1-3-8(9)10(18)5-16-12-7-15-6-11(14)17-12/h1-4,6-7,10,18H,5H2,(H,16,17). The van der Waals surface area contributed by atoms with Gasteiger partial charge in [-0.15, -0.1) is 0 Å². The van der Waals surface area contributed by atoms with Gasteiger partial charge in [0.1, 0.15) is 11.0 Å². The third-order valence-electron chi connectivity index (χ3n) is 2.35. The predicted molar refractivity (Wildman–Crippen MR) is 71.9 cm³/mol. The second-order valence-electron chi connectivity index (χ2n) is 3.65. The highest BCUT2D eigenvalue weighted by molar-refractivity contribution is 6.31. The molecule has 18 heavy (non-hydrogen) atoms. The fourth-order valence-electron chi connectivity index (χ4n) is 1.48. The van der Waals surface area contributed by atoms with E-state index in [1.807, 2.05) is 12.1 Å². The van der Waals surface area contributed by atoms with Crippen LogP contribution < -0.4 is 5.32 Å². The molecule has 6 heteroatoms. The number of hydrogen-bond acceptors (Lipinski definition) is 4. The maximum Gasteiger partial charge on any atom is 0.149 e. The SMILES string of the molecule is OC(CNc1cncc(Cl)n1)c1ccccc1Cl. The van der Waals surface area contributed by atoms with Crippen molar-refractivity contribution in [2.75, 3.05) is 11.9 Å². The molecule has 1 aromatic carbocycles. The number of aliphatic hydroxyl groups is 1. The van der Waals surface area contributed by atoms with Crippen LogP contribution in [0.2, 0.25) is 10.2 Å². The number of aliphatic hydroxyl groups excluding tert-OH is 1. The third kappa shape index (κ3) is 3.32. The molecule has 0 saturated carbocycles. The minimum absolute atomic E-state index is 0.277. The van der Waals surface area contributed by atoms with E-state index in [9.17, 15) is 5.11 Å². The Kier molecular flexibility index (Phi) is 4.36. The van der Waals surface area contributed by atoms with Crippen LogP contribution >= 0.6 is 23.2 Å². The maximum atomic E-state index is 10.0. The number of nitrogens with zero attached hydrogens (tertiary/aromatic N) is 2. The minimum Gasteiger partial charge on any atom is -0.387 e. The molecule has 2 rings (SSSR count). The molecule has 0 aliphatic carbocycles. The second kappa shape index (κ2) is 6.00. The van der Waals surface area contributed by atoms with E-state index in [4.69, 9.17) is 23.2 Å². The summed E-state index contributed by atoms with van der Waals surface area (Å²) in [6.45, 7) is 0.277. The smallest absolute Gasteiger partial charge is 0.149 e. The molecule has 2 N–H and O–H groups in total. The van der Waals surface area contributed by atoms with Gasteiger partial charge < -0.3 is 10.4 Å². The van der Waals surface area contributed by atoms with Crippen LogP contribution in [0.15, 0.2) is 36.7 Å². The second-order valence-corrected chi connectivity index (χ2v) is 4.44. The molecule has 1 heterocycles. The number of benzene rings is 1. The Morgan fingerprint density at radius 2 is 2.00 bits per heavy atom. The zero-order valence-corrected chi connectivity index (χ0v) is 10.9. The first-order valence-corrected chi connectivity index (χ1v) is 6.06. The quantitative estimate of drug-likeness (QED) is 0.906. The lowest BCUT2D eigenvalue weighted by atomic mass is 10.1. The van der Waals surface area contributed by atoms with Crippen molar-refractivity contribution in [1.82, 2.24) is 9.97 Å². The summed E-state index contributed by atoms with van der Waals surface area (Å²) >= 11 is 11.7. The molecule has 1 atom stereocenters. The van der Waals surface area contributed by atoms with Gasteiger partial charge in [0.15, 0.2) is 0 Å². The van der Waals surface area contributed by atoms with Gasteiger partial charge >= 0.3 is 0 Å². The zero-order chi connectivity index (χ0) is 13.0. The predicted octanol–water partition coefficient (Wildman–Crippen LogP) is 2.93. The number of rotatable bonds is 4. The summed E-state index contributed by atoms with van der Waals surface area (Å²) in [6.07, 6.45) is 2.25. The van der Waals surface area contributed by atoms with E-state index in [1.165, 1.54) is 12.4 Å². The average Bonchev–Trinajstić information content (AvgIpc) is 2.37. The highest BCUT2D eigenvalue weighted by atomic mass is 35.5. The van der Waals surface area contributed by atoms with Gasteiger partial charge in [0.2, 0.25) is 0 Å². The van der Waals surface area contributed by atoms with Gasteiger partial charge in [0, 0.05) is 17.1 Å². The molecule has 0 saturated heterocycles. The van der Waals surface area contributed by atoms with Crippen LogP contribution in [0.5, 0.6) is 0 Å². The molecule has 94 valence electrons. The monoisotopic (exact) mass is 283 g/mol. The summed E-state index contributed by atoms with van der Waals surface area (Å²) in [6, 6.07) is 7.15. The largest absolute Gasteiger partial charge is 0.387 e. The van der Waals surface area contributed by atoms with Crippen molar-refractivity contribution >= 4 is 29.0 Å². The summed E-state index contributed by atoms with van der Waals surface area (Å²) < 4.78 is 0. The number of anilines is 1. The molecule has 2 aromatic rings. The fourth-order valence-corrected chi connectivity index (χ4v) is 1.89. The van der Waals surface area contributed by atoms with Gasteiger partial charge in [0.25, 0.3) is 0 Å². The van der Waals surface area contributed by atoms with Crippen LogP contribution in [0.25, 0.3) is 0 Å². The van der Waals surface area contributed by atoms with E-state index in [0.717, 1.165) is 0 Å². The van der Waals surface area contributed by atoms with Crippen molar-refractivity contribution in [2.45, 2.75) is 6.10 Å². The highest BCUT2D eigenvalue weighted by Crippen LogP contribution is 2.22. The van der Waals surface area contributed by atoms with Crippen molar-refractivity contribution in [2.24, 2.45) is 0 Å². The van der Waals surface area contributed by atoms with Crippen molar-refractivity contribution in [3.63, 3.8) is 0 Å². The summed E-state index contributed by atoms with van der Waals surface area (Å²) in [7, 11) is 0. The van der Waals surface area contributed by atoms with E-state index in [0.29, 0.717) is 21.6 Å². The van der Waals surface area contributed by atoms with E-state index < -0.39 is 6.10 Å². The van der Waals surface area contributed by atoms with E-state index in [1.54, 1.807) is 12.1 Å². The fraction of sp³-hybridized carbons (Fsp3) is 0.167. The number of nitrogens with one attached hydrogen (secondary N) is 1. The van der Waals surface area contributed by atoms with Crippen LogP contribution in [0.3, 0.4) is 0 Å². The zero-order valence-electron chi connectivity index (χ0n) is 9.35. The third-order valence-corrected chi connectivity index (χ3v) is 2.87. The van der Waals surface area contributed by atoms with Gasteiger partial charge in [-0.2, -0.15) is 0 Å². The van der Waals surface area contributed by atoms with E-state index >= 15 is 0 Å². The van der Waals surface area contributed by atoms with E-state index in [2.05, 4.69) is 15.3 Å². The molecular weight excluding hydrogens is 273 g/mol. The highest BCUT2D eigenvalue weighted by Gasteiger charge is 2.10. The Balaban J connectivity index is 2.00. The van der Waals surface area contributed by atoms with Crippen LogP contribution in [-0.4, -0.2) is 21.6 Å². The Labute approximate surface area is 115 Å². The molecule has 0 aliphatic rings. The normalized spacial score (nSPS) is 12.2. The Morgan fingerprint density at radius 1 is 1.22 bits per heavy atom.